The van der Waals surface area contributed by atoms with Crippen LogP contribution in [-0.4, -0.2) is 25.0 Å². The number of nitrogens with zero attached hydrogens (tertiary/aromatic N) is 2. The predicted octanol–water partition coefficient (Wildman–Crippen LogP) is 3.66. The molecule has 106 valence electrons. The van der Waals surface area contributed by atoms with Gasteiger partial charge in [0.05, 0.1) is 11.3 Å². The third-order valence-corrected chi connectivity index (χ3v) is 3.51. The lowest BCUT2D eigenvalue weighted by Crippen LogP contribution is -1.97. The molecular weight excluding hydrogens is 310 g/mol. The third-order valence-electron chi connectivity index (χ3n) is 2.98. The van der Waals surface area contributed by atoms with Gasteiger partial charge in [-0.15, -0.1) is 0 Å². The van der Waals surface area contributed by atoms with Crippen molar-refractivity contribution in [1.29, 1.82) is 0 Å². The predicted molar refractivity (Wildman–Crippen MR) is 82.5 cm³/mol. The number of aromatic amines is 1. The lowest BCUT2D eigenvalue weighted by molar-refractivity contribution is 0.451. The first kappa shape index (κ1) is 13.7. The number of benzene rings is 2. The van der Waals surface area contributed by atoms with E-state index in [2.05, 4.69) is 10.2 Å². The molecule has 0 aliphatic carbocycles. The van der Waals surface area contributed by atoms with Crippen LogP contribution in [0.1, 0.15) is 0 Å². The first-order chi connectivity index (χ1) is 10.1. The van der Waals surface area contributed by atoms with Crippen LogP contribution in [0, 0.1) is 4.77 Å². The molecular formula is C14H10ClN3O2S. The number of rotatable bonds is 2. The molecule has 21 heavy (non-hydrogen) atoms. The fourth-order valence-electron chi connectivity index (χ4n) is 2.02. The summed E-state index contributed by atoms with van der Waals surface area (Å²) < 4.78 is 2.07. The van der Waals surface area contributed by atoms with Gasteiger partial charge in [-0.2, -0.15) is 5.10 Å². The van der Waals surface area contributed by atoms with Crippen LogP contribution in [-0.2, 0) is 0 Å². The van der Waals surface area contributed by atoms with Gasteiger partial charge in [0.2, 0.25) is 0 Å². The van der Waals surface area contributed by atoms with Crippen LogP contribution in [0.5, 0.6) is 11.5 Å². The Bertz CT molecular complexity index is 855. The smallest absolute Gasteiger partial charge is 0.200 e. The maximum atomic E-state index is 9.99. The van der Waals surface area contributed by atoms with E-state index in [1.165, 1.54) is 12.1 Å². The average molecular weight is 320 g/mol. The summed E-state index contributed by atoms with van der Waals surface area (Å²) in [6.45, 7) is 0. The molecule has 7 heteroatoms. The van der Waals surface area contributed by atoms with Crippen molar-refractivity contribution in [3.05, 3.63) is 52.3 Å². The SMILES string of the molecule is Oc1ccc(-c2n[nH]c(=S)n2-c2ccc(Cl)cc2)c(O)c1. The van der Waals surface area contributed by atoms with Crippen LogP contribution in [0.4, 0.5) is 0 Å². The normalized spacial score (nSPS) is 10.7. The highest BCUT2D eigenvalue weighted by molar-refractivity contribution is 7.71. The number of phenols is 2. The van der Waals surface area contributed by atoms with Crippen molar-refractivity contribution in [1.82, 2.24) is 14.8 Å². The van der Waals surface area contributed by atoms with E-state index in [0.717, 1.165) is 5.69 Å². The molecule has 3 aromatic rings. The highest BCUT2D eigenvalue weighted by atomic mass is 35.5. The zero-order valence-electron chi connectivity index (χ0n) is 10.6. The number of hydrogen-bond donors (Lipinski definition) is 3. The number of H-pyrrole nitrogens is 1. The Hall–Kier alpha value is -2.31. The summed E-state index contributed by atoms with van der Waals surface area (Å²) in [5.74, 6) is 0.336. The second kappa shape index (κ2) is 5.23. The molecule has 5 nitrogen and oxygen atoms in total. The number of hydrogen-bond acceptors (Lipinski definition) is 4. The van der Waals surface area contributed by atoms with Crippen LogP contribution in [0.25, 0.3) is 17.1 Å². The fourth-order valence-corrected chi connectivity index (χ4v) is 2.38. The van der Waals surface area contributed by atoms with E-state index >= 15 is 0 Å². The summed E-state index contributed by atoms with van der Waals surface area (Å²) in [4.78, 5) is 0. The zero-order valence-corrected chi connectivity index (χ0v) is 12.2. The zero-order chi connectivity index (χ0) is 15.0. The molecule has 3 N–H and O–H groups in total. The Labute approximate surface area is 130 Å². The van der Waals surface area contributed by atoms with Gasteiger partial charge >= 0.3 is 0 Å². The molecule has 0 bridgehead atoms. The third kappa shape index (κ3) is 2.51. The van der Waals surface area contributed by atoms with E-state index in [-0.39, 0.29) is 11.5 Å². The molecule has 1 aromatic heterocycles. The van der Waals surface area contributed by atoms with E-state index in [9.17, 15) is 10.2 Å². The lowest BCUT2D eigenvalue weighted by Gasteiger charge is -2.08. The van der Waals surface area contributed by atoms with Gasteiger partial charge in [0.1, 0.15) is 11.5 Å². The summed E-state index contributed by atoms with van der Waals surface area (Å²) in [5, 5.41) is 26.8. The molecule has 0 unspecified atom stereocenters. The van der Waals surface area contributed by atoms with E-state index in [4.69, 9.17) is 23.8 Å². The van der Waals surface area contributed by atoms with Gasteiger partial charge in [0, 0.05) is 11.1 Å². The largest absolute Gasteiger partial charge is 0.508 e. The van der Waals surface area contributed by atoms with Gasteiger partial charge in [0.25, 0.3) is 0 Å². The van der Waals surface area contributed by atoms with Crippen molar-refractivity contribution < 1.29 is 10.2 Å². The van der Waals surface area contributed by atoms with Crippen molar-refractivity contribution in [2.45, 2.75) is 0 Å². The first-order valence-electron chi connectivity index (χ1n) is 6.02. The summed E-state index contributed by atoms with van der Waals surface area (Å²) in [5.41, 5.74) is 1.22. The summed E-state index contributed by atoms with van der Waals surface area (Å²) >= 11 is 11.1. The fraction of sp³-hybridized carbons (Fsp3) is 0. The summed E-state index contributed by atoms with van der Waals surface area (Å²) in [7, 11) is 0. The number of aromatic nitrogens is 3. The topological polar surface area (TPSA) is 74.1 Å². The van der Waals surface area contributed by atoms with Gasteiger partial charge in [-0.3, -0.25) is 9.67 Å². The van der Waals surface area contributed by atoms with Crippen molar-refractivity contribution in [3.63, 3.8) is 0 Å². The quantitative estimate of drug-likeness (QED) is 0.630. The minimum Gasteiger partial charge on any atom is -0.508 e. The summed E-state index contributed by atoms with van der Waals surface area (Å²) in [6.07, 6.45) is 0. The van der Waals surface area contributed by atoms with E-state index < -0.39 is 0 Å². The molecule has 0 saturated carbocycles. The molecule has 2 aromatic carbocycles. The molecule has 0 atom stereocenters. The standard InChI is InChI=1S/C14H10ClN3O2S/c15-8-1-3-9(4-2-8)18-13(16-17-14(18)21)11-6-5-10(19)7-12(11)20/h1-7,19-20H,(H,17,21). The molecule has 0 aliphatic rings. The minimum absolute atomic E-state index is 0.0246. The Morgan fingerprint density at radius 3 is 2.48 bits per heavy atom. The molecule has 0 radical (unpaired) electrons. The molecule has 0 spiro atoms. The van der Waals surface area contributed by atoms with Crippen LogP contribution in [0.15, 0.2) is 42.5 Å². The maximum absolute atomic E-state index is 9.99. The Kier molecular flexibility index (Phi) is 3.40. The van der Waals surface area contributed by atoms with Crippen molar-refractivity contribution >= 4 is 23.8 Å². The van der Waals surface area contributed by atoms with Crippen LogP contribution in [0.3, 0.4) is 0 Å². The second-order valence-electron chi connectivity index (χ2n) is 4.37. The number of halogens is 1. The molecule has 0 amide bonds. The second-order valence-corrected chi connectivity index (χ2v) is 5.19. The Morgan fingerprint density at radius 2 is 1.81 bits per heavy atom. The summed E-state index contributed by atoms with van der Waals surface area (Å²) in [6, 6.07) is 11.4. The van der Waals surface area contributed by atoms with Crippen LogP contribution < -0.4 is 0 Å². The highest BCUT2D eigenvalue weighted by Gasteiger charge is 2.14. The minimum atomic E-state index is -0.0841. The number of aromatic hydroxyl groups is 2. The molecule has 1 heterocycles. The lowest BCUT2D eigenvalue weighted by atomic mass is 10.1. The van der Waals surface area contributed by atoms with E-state index in [1.54, 1.807) is 34.9 Å². The molecule has 0 aliphatic heterocycles. The molecule has 3 rings (SSSR count). The Balaban J connectivity index is 2.21. The molecule has 0 fully saturated rings. The van der Waals surface area contributed by atoms with Gasteiger partial charge < -0.3 is 10.2 Å². The maximum Gasteiger partial charge on any atom is 0.200 e. The van der Waals surface area contributed by atoms with Crippen molar-refractivity contribution in [3.8, 4) is 28.6 Å². The van der Waals surface area contributed by atoms with Crippen molar-refractivity contribution in [2.24, 2.45) is 0 Å². The van der Waals surface area contributed by atoms with Gasteiger partial charge in [0.15, 0.2) is 10.6 Å². The van der Waals surface area contributed by atoms with Gasteiger partial charge in [-0.25, -0.2) is 0 Å². The number of nitrogens with one attached hydrogen (secondary N) is 1. The van der Waals surface area contributed by atoms with E-state index in [0.29, 0.717) is 21.2 Å². The van der Waals surface area contributed by atoms with Gasteiger partial charge in [-0.1, -0.05) is 11.6 Å². The van der Waals surface area contributed by atoms with Gasteiger partial charge in [-0.05, 0) is 48.6 Å². The molecule has 0 saturated heterocycles. The number of phenolic OH excluding ortho intramolecular Hbond substituents is 2. The van der Waals surface area contributed by atoms with E-state index in [1.807, 2.05) is 0 Å². The van der Waals surface area contributed by atoms with Crippen molar-refractivity contribution in [2.75, 3.05) is 0 Å². The van der Waals surface area contributed by atoms with Crippen LogP contribution >= 0.6 is 23.8 Å². The highest BCUT2D eigenvalue weighted by Crippen LogP contribution is 2.32. The van der Waals surface area contributed by atoms with Crippen LogP contribution in [0.2, 0.25) is 5.02 Å². The monoisotopic (exact) mass is 319 g/mol. The average Bonchev–Trinajstić information content (AvgIpc) is 2.82. The Morgan fingerprint density at radius 1 is 1.10 bits per heavy atom. The first-order valence-corrected chi connectivity index (χ1v) is 6.80.